The second-order valence-electron chi connectivity index (χ2n) is 6.09. The molecule has 1 saturated heterocycles. The topological polar surface area (TPSA) is 73.2 Å². The molecule has 1 atom stereocenters. The molecular formula is C19H15BrFN3O2. The Morgan fingerprint density at radius 3 is 2.81 bits per heavy atom. The Morgan fingerprint density at radius 1 is 1.38 bits per heavy atom. The van der Waals surface area contributed by atoms with Crippen LogP contribution >= 0.6 is 15.9 Å². The third-order valence-electron chi connectivity index (χ3n) is 4.37. The fraction of sp³-hybridized carbons (Fsp3) is 0.211. The molecular weight excluding hydrogens is 401 g/mol. The summed E-state index contributed by atoms with van der Waals surface area (Å²) in [5.41, 5.74) is 1.34. The Hall–Kier alpha value is -2.72. The third kappa shape index (κ3) is 3.46. The van der Waals surface area contributed by atoms with Crippen molar-refractivity contribution >= 4 is 39.1 Å². The standard InChI is InChI=1S/C19H15BrFN3O2/c1-11-15(21)6-12(9-22)7-16(11)23-19(26)13-8-18(25)24(10-13)17-5-3-2-4-14(17)20/h2-7,13H,8,10H2,1H3,(H,23,26). The summed E-state index contributed by atoms with van der Waals surface area (Å²) in [6, 6.07) is 11.7. The zero-order chi connectivity index (χ0) is 18.8. The highest BCUT2D eigenvalue weighted by molar-refractivity contribution is 9.10. The highest BCUT2D eigenvalue weighted by atomic mass is 79.9. The second kappa shape index (κ2) is 7.26. The van der Waals surface area contributed by atoms with E-state index in [2.05, 4.69) is 21.2 Å². The summed E-state index contributed by atoms with van der Waals surface area (Å²) in [5, 5.41) is 11.6. The first-order valence-corrected chi connectivity index (χ1v) is 8.76. The second-order valence-corrected chi connectivity index (χ2v) is 6.94. The van der Waals surface area contributed by atoms with Gasteiger partial charge in [-0.15, -0.1) is 0 Å². The van der Waals surface area contributed by atoms with Gasteiger partial charge in [0.2, 0.25) is 11.8 Å². The minimum atomic E-state index is -0.559. The maximum atomic E-state index is 13.9. The van der Waals surface area contributed by atoms with E-state index >= 15 is 0 Å². The lowest BCUT2D eigenvalue weighted by Crippen LogP contribution is -2.28. The predicted octanol–water partition coefficient (Wildman–Crippen LogP) is 3.76. The van der Waals surface area contributed by atoms with Gasteiger partial charge in [-0.2, -0.15) is 5.26 Å². The van der Waals surface area contributed by atoms with Gasteiger partial charge in [-0.3, -0.25) is 9.59 Å². The first kappa shape index (κ1) is 18.1. The van der Waals surface area contributed by atoms with Gasteiger partial charge < -0.3 is 10.2 Å². The van der Waals surface area contributed by atoms with Crippen molar-refractivity contribution < 1.29 is 14.0 Å². The van der Waals surface area contributed by atoms with Crippen molar-refractivity contribution in [3.63, 3.8) is 0 Å². The van der Waals surface area contributed by atoms with Gasteiger partial charge in [-0.1, -0.05) is 12.1 Å². The van der Waals surface area contributed by atoms with Gasteiger partial charge in [-0.05, 0) is 47.1 Å². The molecule has 26 heavy (non-hydrogen) atoms. The summed E-state index contributed by atoms with van der Waals surface area (Å²) < 4.78 is 14.6. The summed E-state index contributed by atoms with van der Waals surface area (Å²) in [7, 11) is 0. The number of benzene rings is 2. The largest absolute Gasteiger partial charge is 0.325 e. The lowest BCUT2D eigenvalue weighted by Gasteiger charge is -2.18. The Kier molecular flexibility index (Phi) is 5.05. The normalized spacial score (nSPS) is 16.5. The lowest BCUT2D eigenvalue weighted by atomic mass is 10.1. The van der Waals surface area contributed by atoms with Crippen LogP contribution in [-0.2, 0) is 9.59 Å². The highest BCUT2D eigenvalue weighted by Gasteiger charge is 2.36. The molecule has 1 heterocycles. The Labute approximate surface area is 158 Å². The molecule has 0 radical (unpaired) electrons. The van der Waals surface area contributed by atoms with E-state index in [1.807, 2.05) is 24.3 Å². The van der Waals surface area contributed by atoms with Crippen molar-refractivity contribution in [3.8, 4) is 6.07 Å². The summed E-state index contributed by atoms with van der Waals surface area (Å²) in [6.45, 7) is 1.77. The minimum Gasteiger partial charge on any atom is -0.325 e. The third-order valence-corrected chi connectivity index (χ3v) is 5.04. The van der Waals surface area contributed by atoms with Gasteiger partial charge in [0, 0.05) is 28.7 Å². The number of rotatable bonds is 3. The molecule has 1 aliphatic rings. The first-order valence-electron chi connectivity index (χ1n) is 7.96. The van der Waals surface area contributed by atoms with Gasteiger partial charge >= 0.3 is 0 Å². The molecule has 1 aliphatic heterocycles. The van der Waals surface area contributed by atoms with E-state index in [0.717, 1.165) is 10.5 Å². The van der Waals surface area contributed by atoms with Crippen LogP contribution in [0.3, 0.4) is 0 Å². The lowest BCUT2D eigenvalue weighted by molar-refractivity contribution is -0.122. The minimum absolute atomic E-state index is 0.0760. The number of nitrogens with zero attached hydrogens (tertiary/aromatic N) is 2. The fourth-order valence-electron chi connectivity index (χ4n) is 2.89. The Bertz CT molecular complexity index is 939. The quantitative estimate of drug-likeness (QED) is 0.828. The van der Waals surface area contributed by atoms with Gasteiger partial charge in [0.15, 0.2) is 0 Å². The van der Waals surface area contributed by atoms with E-state index in [1.165, 1.54) is 13.0 Å². The number of carbonyl (C=O) groups excluding carboxylic acids is 2. The van der Waals surface area contributed by atoms with Crippen LogP contribution in [-0.4, -0.2) is 18.4 Å². The number of hydrogen-bond acceptors (Lipinski definition) is 3. The first-order chi connectivity index (χ1) is 12.4. The smallest absolute Gasteiger partial charge is 0.229 e. The van der Waals surface area contributed by atoms with E-state index < -0.39 is 11.7 Å². The van der Waals surface area contributed by atoms with E-state index in [-0.39, 0.29) is 41.6 Å². The molecule has 0 aliphatic carbocycles. The zero-order valence-electron chi connectivity index (χ0n) is 13.9. The number of hydrogen-bond donors (Lipinski definition) is 1. The van der Waals surface area contributed by atoms with Crippen LogP contribution in [0, 0.1) is 30.0 Å². The Balaban J connectivity index is 1.78. The van der Waals surface area contributed by atoms with Gasteiger partial charge in [0.25, 0.3) is 0 Å². The molecule has 3 rings (SSSR count). The highest BCUT2D eigenvalue weighted by Crippen LogP contribution is 2.32. The summed E-state index contributed by atoms with van der Waals surface area (Å²) in [5.74, 6) is -1.63. The van der Waals surface area contributed by atoms with Crippen LogP contribution in [0.5, 0.6) is 0 Å². The molecule has 0 bridgehead atoms. The van der Waals surface area contributed by atoms with Crippen LogP contribution in [0.2, 0.25) is 0 Å². The average molecular weight is 416 g/mol. The number of amides is 2. The van der Waals surface area contributed by atoms with Crippen LogP contribution < -0.4 is 10.2 Å². The number of para-hydroxylation sites is 1. The number of nitriles is 1. The zero-order valence-corrected chi connectivity index (χ0v) is 15.5. The van der Waals surface area contributed by atoms with E-state index in [4.69, 9.17) is 5.26 Å². The fourth-order valence-corrected chi connectivity index (χ4v) is 3.39. The maximum Gasteiger partial charge on any atom is 0.229 e. The monoisotopic (exact) mass is 415 g/mol. The van der Waals surface area contributed by atoms with Crippen LogP contribution in [0.25, 0.3) is 0 Å². The molecule has 0 aromatic heterocycles. The molecule has 5 nitrogen and oxygen atoms in total. The number of anilines is 2. The maximum absolute atomic E-state index is 13.9. The molecule has 0 saturated carbocycles. The molecule has 2 amide bonds. The van der Waals surface area contributed by atoms with Crippen molar-refractivity contribution in [1.29, 1.82) is 5.26 Å². The van der Waals surface area contributed by atoms with Crippen LogP contribution in [0.15, 0.2) is 40.9 Å². The molecule has 2 aromatic rings. The Morgan fingerprint density at radius 2 is 2.12 bits per heavy atom. The molecule has 1 N–H and O–H groups in total. The number of halogens is 2. The molecule has 0 spiro atoms. The van der Waals surface area contributed by atoms with Crippen LogP contribution in [0.1, 0.15) is 17.5 Å². The summed E-state index contributed by atoms with van der Waals surface area (Å²) in [6.07, 6.45) is 0.0760. The van der Waals surface area contributed by atoms with Gasteiger partial charge in [0.05, 0.1) is 23.2 Å². The van der Waals surface area contributed by atoms with Crippen molar-refractivity contribution in [2.75, 3.05) is 16.8 Å². The SMILES string of the molecule is Cc1c(F)cc(C#N)cc1NC(=O)C1CC(=O)N(c2ccccc2Br)C1. The van der Waals surface area contributed by atoms with E-state index in [9.17, 15) is 14.0 Å². The summed E-state index contributed by atoms with van der Waals surface area (Å²) in [4.78, 5) is 26.5. The molecule has 1 unspecified atom stereocenters. The van der Waals surface area contributed by atoms with Crippen molar-refractivity contribution in [2.45, 2.75) is 13.3 Å². The molecule has 132 valence electrons. The van der Waals surface area contributed by atoms with Crippen molar-refractivity contribution in [3.05, 3.63) is 57.8 Å². The predicted molar refractivity (Wildman–Crippen MR) is 99.1 cm³/mol. The van der Waals surface area contributed by atoms with Crippen molar-refractivity contribution in [2.24, 2.45) is 5.92 Å². The molecule has 1 fully saturated rings. The molecule has 7 heteroatoms. The van der Waals surface area contributed by atoms with Gasteiger partial charge in [0.1, 0.15) is 5.82 Å². The summed E-state index contributed by atoms with van der Waals surface area (Å²) >= 11 is 3.41. The van der Waals surface area contributed by atoms with Gasteiger partial charge in [-0.25, -0.2) is 4.39 Å². The average Bonchev–Trinajstić information content (AvgIpc) is 3.00. The number of carbonyl (C=O) groups is 2. The van der Waals surface area contributed by atoms with E-state index in [1.54, 1.807) is 11.0 Å². The van der Waals surface area contributed by atoms with Crippen molar-refractivity contribution in [1.82, 2.24) is 0 Å². The number of nitrogens with one attached hydrogen (secondary N) is 1. The molecule has 2 aromatic carbocycles. The van der Waals surface area contributed by atoms with Crippen LogP contribution in [0.4, 0.5) is 15.8 Å². The van der Waals surface area contributed by atoms with E-state index in [0.29, 0.717) is 5.69 Å².